The van der Waals surface area contributed by atoms with Crippen LogP contribution in [0.25, 0.3) is 0 Å². The largest absolute Gasteiger partial charge is 0.493 e. The first-order valence-corrected chi connectivity index (χ1v) is 6.43. The van der Waals surface area contributed by atoms with Gasteiger partial charge < -0.3 is 15.8 Å². The Morgan fingerprint density at radius 2 is 2.22 bits per heavy atom. The van der Waals surface area contributed by atoms with Gasteiger partial charge in [0.25, 0.3) is 0 Å². The summed E-state index contributed by atoms with van der Waals surface area (Å²) in [6.45, 7) is 2.31. The number of benzene rings is 1. The molecule has 0 bridgehead atoms. The van der Waals surface area contributed by atoms with Crippen molar-refractivity contribution in [1.29, 1.82) is 0 Å². The summed E-state index contributed by atoms with van der Waals surface area (Å²) < 4.78 is 5.63. The van der Waals surface area contributed by atoms with E-state index in [1.807, 2.05) is 31.2 Å². The minimum atomic E-state index is -0.0681. The highest BCUT2D eigenvalue weighted by atomic mass is 16.5. The number of carbonyl (C=O) groups excluding carboxylic acids is 1. The van der Waals surface area contributed by atoms with Crippen LogP contribution in [0, 0.1) is 0 Å². The monoisotopic (exact) mass is 248 g/mol. The number of nitrogens with one attached hydrogen (secondary N) is 1. The zero-order valence-corrected chi connectivity index (χ0v) is 10.7. The minimum Gasteiger partial charge on any atom is -0.493 e. The maximum absolute atomic E-state index is 11.5. The van der Waals surface area contributed by atoms with Gasteiger partial charge in [0.1, 0.15) is 5.75 Å². The molecule has 1 saturated carbocycles. The Hall–Kier alpha value is -1.55. The number of para-hydroxylation sites is 1. The Kier molecular flexibility index (Phi) is 4.20. The van der Waals surface area contributed by atoms with Gasteiger partial charge in [-0.1, -0.05) is 18.2 Å². The molecular weight excluding hydrogens is 228 g/mol. The lowest BCUT2D eigenvalue weighted by molar-refractivity contribution is -0.121. The summed E-state index contributed by atoms with van der Waals surface area (Å²) >= 11 is 0. The maximum atomic E-state index is 11.5. The van der Waals surface area contributed by atoms with E-state index in [1.54, 1.807) is 0 Å². The molecule has 4 nitrogen and oxygen atoms in total. The van der Waals surface area contributed by atoms with Gasteiger partial charge >= 0.3 is 0 Å². The molecule has 1 amide bonds. The molecule has 2 rings (SSSR count). The van der Waals surface area contributed by atoms with Gasteiger partial charge in [0.2, 0.25) is 5.91 Å². The van der Waals surface area contributed by atoms with E-state index in [2.05, 4.69) is 5.32 Å². The maximum Gasteiger partial charge on any atom is 0.223 e. The summed E-state index contributed by atoms with van der Waals surface area (Å²) in [5.74, 6) is 0.836. The van der Waals surface area contributed by atoms with Crippen molar-refractivity contribution in [1.82, 2.24) is 5.32 Å². The summed E-state index contributed by atoms with van der Waals surface area (Å²) in [6, 6.07) is 8.02. The molecule has 0 aliphatic heterocycles. The van der Waals surface area contributed by atoms with Crippen LogP contribution in [0.5, 0.6) is 5.75 Å². The highest BCUT2D eigenvalue weighted by Crippen LogP contribution is 2.23. The summed E-state index contributed by atoms with van der Waals surface area (Å²) in [6.07, 6.45) is 2.62. The molecule has 1 aliphatic rings. The number of rotatable bonds is 6. The molecule has 0 radical (unpaired) electrons. The lowest BCUT2D eigenvalue weighted by Gasteiger charge is -2.13. The number of amides is 1. The zero-order valence-electron chi connectivity index (χ0n) is 10.7. The van der Waals surface area contributed by atoms with Gasteiger partial charge in [0.05, 0.1) is 13.0 Å². The molecule has 98 valence electrons. The third-order valence-electron chi connectivity index (χ3n) is 2.94. The van der Waals surface area contributed by atoms with Crippen molar-refractivity contribution in [2.75, 3.05) is 6.61 Å². The van der Waals surface area contributed by atoms with Crippen molar-refractivity contribution in [2.24, 2.45) is 5.73 Å². The Morgan fingerprint density at radius 3 is 2.89 bits per heavy atom. The van der Waals surface area contributed by atoms with Crippen LogP contribution in [-0.4, -0.2) is 18.6 Å². The van der Waals surface area contributed by atoms with E-state index < -0.39 is 0 Å². The van der Waals surface area contributed by atoms with Crippen LogP contribution < -0.4 is 15.8 Å². The van der Waals surface area contributed by atoms with E-state index in [1.165, 1.54) is 0 Å². The Morgan fingerprint density at radius 1 is 1.50 bits per heavy atom. The minimum absolute atomic E-state index is 0.0655. The van der Waals surface area contributed by atoms with Crippen LogP contribution in [0.3, 0.4) is 0 Å². The number of carbonyl (C=O) groups is 1. The van der Waals surface area contributed by atoms with Crippen LogP contribution in [0.4, 0.5) is 0 Å². The molecule has 1 aromatic carbocycles. The van der Waals surface area contributed by atoms with Crippen molar-refractivity contribution in [3.05, 3.63) is 29.8 Å². The van der Waals surface area contributed by atoms with E-state index in [4.69, 9.17) is 10.5 Å². The van der Waals surface area contributed by atoms with Gasteiger partial charge in [-0.2, -0.15) is 0 Å². The van der Waals surface area contributed by atoms with Gasteiger partial charge in [-0.25, -0.2) is 0 Å². The van der Waals surface area contributed by atoms with Gasteiger partial charge in [-0.15, -0.1) is 0 Å². The fourth-order valence-electron chi connectivity index (χ4n) is 1.77. The molecule has 1 fully saturated rings. The molecule has 4 heteroatoms. The molecule has 0 spiro atoms. The van der Waals surface area contributed by atoms with Crippen molar-refractivity contribution in [3.8, 4) is 5.75 Å². The Balaban J connectivity index is 1.80. The lowest BCUT2D eigenvalue weighted by atomic mass is 10.1. The van der Waals surface area contributed by atoms with E-state index >= 15 is 0 Å². The second-order valence-corrected chi connectivity index (χ2v) is 4.77. The van der Waals surface area contributed by atoms with Crippen LogP contribution in [0.15, 0.2) is 24.3 Å². The zero-order chi connectivity index (χ0) is 13.0. The van der Waals surface area contributed by atoms with E-state index in [0.717, 1.165) is 24.2 Å². The first-order valence-electron chi connectivity index (χ1n) is 6.43. The SMILES string of the molecule is C[C@@H](N)c1ccccc1OCCC(=O)NC1CC1. The van der Waals surface area contributed by atoms with Crippen molar-refractivity contribution in [3.63, 3.8) is 0 Å². The number of hydrogen-bond acceptors (Lipinski definition) is 3. The molecular formula is C14H20N2O2. The first kappa shape index (κ1) is 12.9. The predicted octanol–water partition coefficient (Wildman–Crippen LogP) is 1.75. The van der Waals surface area contributed by atoms with Crippen molar-refractivity contribution in [2.45, 2.75) is 38.3 Å². The standard InChI is InChI=1S/C14H20N2O2/c1-10(15)12-4-2-3-5-13(12)18-9-8-14(17)16-11-6-7-11/h2-5,10-11H,6-9,15H2,1H3,(H,16,17)/t10-/m1/s1. The smallest absolute Gasteiger partial charge is 0.223 e. The van der Waals surface area contributed by atoms with Gasteiger partial charge in [-0.3, -0.25) is 4.79 Å². The third-order valence-corrected chi connectivity index (χ3v) is 2.94. The van der Waals surface area contributed by atoms with Crippen LogP contribution in [-0.2, 0) is 4.79 Å². The average molecular weight is 248 g/mol. The Labute approximate surface area is 108 Å². The fourth-order valence-corrected chi connectivity index (χ4v) is 1.77. The Bertz CT molecular complexity index is 414. The normalized spacial score (nSPS) is 16.1. The lowest BCUT2D eigenvalue weighted by Crippen LogP contribution is -2.26. The van der Waals surface area contributed by atoms with Gasteiger partial charge in [0.15, 0.2) is 0 Å². The molecule has 3 N–H and O–H groups in total. The summed E-state index contributed by atoms with van der Waals surface area (Å²) in [5, 5.41) is 2.93. The average Bonchev–Trinajstić information content (AvgIpc) is 3.13. The van der Waals surface area contributed by atoms with Crippen LogP contribution in [0.1, 0.15) is 37.8 Å². The molecule has 0 aromatic heterocycles. The quantitative estimate of drug-likeness (QED) is 0.806. The molecule has 0 heterocycles. The molecule has 1 atom stereocenters. The van der Waals surface area contributed by atoms with Crippen LogP contribution in [0.2, 0.25) is 0 Å². The van der Waals surface area contributed by atoms with E-state index in [0.29, 0.717) is 19.1 Å². The number of hydrogen-bond donors (Lipinski definition) is 2. The summed E-state index contributed by atoms with van der Waals surface area (Å²) in [4.78, 5) is 11.5. The second kappa shape index (κ2) is 5.87. The highest BCUT2D eigenvalue weighted by Gasteiger charge is 2.22. The fraction of sp³-hybridized carbons (Fsp3) is 0.500. The van der Waals surface area contributed by atoms with Crippen LogP contribution >= 0.6 is 0 Å². The highest BCUT2D eigenvalue weighted by molar-refractivity contribution is 5.76. The van der Waals surface area contributed by atoms with E-state index in [9.17, 15) is 4.79 Å². The molecule has 0 saturated heterocycles. The summed E-state index contributed by atoms with van der Waals surface area (Å²) in [7, 11) is 0. The number of ether oxygens (including phenoxy) is 1. The summed E-state index contributed by atoms with van der Waals surface area (Å²) in [5.41, 5.74) is 6.83. The molecule has 0 unspecified atom stereocenters. The second-order valence-electron chi connectivity index (χ2n) is 4.77. The number of nitrogens with two attached hydrogens (primary N) is 1. The first-order chi connectivity index (χ1) is 8.66. The molecule has 18 heavy (non-hydrogen) atoms. The van der Waals surface area contributed by atoms with E-state index in [-0.39, 0.29) is 11.9 Å². The van der Waals surface area contributed by atoms with Gasteiger partial charge in [-0.05, 0) is 25.8 Å². The topological polar surface area (TPSA) is 64.3 Å². The third kappa shape index (κ3) is 3.74. The van der Waals surface area contributed by atoms with Crippen molar-refractivity contribution >= 4 is 5.91 Å². The van der Waals surface area contributed by atoms with Crippen molar-refractivity contribution < 1.29 is 9.53 Å². The predicted molar refractivity (Wildman–Crippen MR) is 70.3 cm³/mol. The molecule has 1 aromatic rings. The molecule has 1 aliphatic carbocycles. The van der Waals surface area contributed by atoms with Gasteiger partial charge in [0, 0.05) is 17.6 Å².